The molecule has 0 amide bonds. The third kappa shape index (κ3) is 3.67. The topological polar surface area (TPSA) is 41.1 Å². The van der Waals surface area contributed by atoms with E-state index >= 15 is 0 Å². The monoisotopic (exact) mass is 248 g/mol. The zero-order valence-corrected chi connectivity index (χ0v) is 11.5. The first kappa shape index (κ1) is 13.3. The van der Waals surface area contributed by atoms with E-state index in [1.165, 1.54) is 19.3 Å². The van der Waals surface area contributed by atoms with Crippen LogP contribution in [-0.4, -0.2) is 30.1 Å². The van der Waals surface area contributed by atoms with Crippen LogP contribution in [0, 0.1) is 5.92 Å². The van der Waals surface area contributed by atoms with Crippen LogP contribution in [-0.2, 0) is 6.54 Å². The quantitative estimate of drug-likeness (QED) is 0.751. The van der Waals surface area contributed by atoms with Crippen LogP contribution < -0.4 is 10.2 Å². The molecule has 1 N–H and O–H groups in total. The van der Waals surface area contributed by atoms with E-state index in [4.69, 9.17) is 0 Å². The molecular formula is C14H24N4. The molecular weight excluding hydrogens is 224 g/mol. The largest absolute Gasteiger partial charge is 0.358 e. The molecule has 100 valence electrons. The van der Waals surface area contributed by atoms with Gasteiger partial charge in [0.2, 0.25) is 0 Å². The third-order valence-electron chi connectivity index (χ3n) is 3.55. The maximum Gasteiger partial charge on any atom is 0.147 e. The van der Waals surface area contributed by atoms with Gasteiger partial charge in [0, 0.05) is 26.3 Å². The van der Waals surface area contributed by atoms with Gasteiger partial charge in [-0.3, -0.25) is 4.98 Å². The fourth-order valence-electron chi connectivity index (χ4n) is 2.21. The highest BCUT2D eigenvalue weighted by atomic mass is 15.2. The van der Waals surface area contributed by atoms with Crippen LogP contribution in [0.1, 0.15) is 38.3 Å². The highest BCUT2D eigenvalue weighted by molar-refractivity contribution is 5.35. The Bertz CT molecular complexity index is 363. The molecule has 0 saturated heterocycles. The van der Waals surface area contributed by atoms with Gasteiger partial charge in [0.25, 0.3) is 0 Å². The summed E-state index contributed by atoms with van der Waals surface area (Å²) in [5.74, 6) is 1.86. The molecule has 18 heavy (non-hydrogen) atoms. The van der Waals surface area contributed by atoms with E-state index in [1.807, 2.05) is 12.4 Å². The molecule has 0 unspecified atom stereocenters. The van der Waals surface area contributed by atoms with E-state index in [2.05, 4.69) is 34.2 Å². The molecule has 1 heterocycles. The minimum Gasteiger partial charge on any atom is -0.358 e. The summed E-state index contributed by atoms with van der Waals surface area (Å²) in [5, 5.41) is 3.36. The molecule has 1 fully saturated rings. The molecule has 1 aliphatic carbocycles. The van der Waals surface area contributed by atoms with Gasteiger partial charge in [0.15, 0.2) is 0 Å². The van der Waals surface area contributed by atoms with Crippen molar-refractivity contribution in [1.29, 1.82) is 0 Å². The molecule has 0 radical (unpaired) electrons. The first-order chi connectivity index (χ1) is 8.79. The van der Waals surface area contributed by atoms with Gasteiger partial charge in [-0.1, -0.05) is 13.3 Å². The van der Waals surface area contributed by atoms with Crippen molar-refractivity contribution in [1.82, 2.24) is 15.3 Å². The summed E-state index contributed by atoms with van der Waals surface area (Å²) in [7, 11) is 2.12. The summed E-state index contributed by atoms with van der Waals surface area (Å²) in [6, 6.07) is 0. The van der Waals surface area contributed by atoms with Gasteiger partial charge in [-0.2, -0.15) is 0 Å². The van der Waals surface area contributed by atoms with Crippen molar-refractivity contribution in [3.63, 3.8) is 0 Å². The van der Waals surface area contributed by atoms with E-state index in [9.17, 15) is 0 Å². The summed E-state index contributed by atoms with van der Waals surface area (Å²) in [5.41, 5.74) is 1.03. The molecule has 0 aromatic carbocycles. The number of anilines is 1. The lowest BCUT2D eigenvalue weighted by atomic mass is 9.85. The van der Waals surface area contributed by atoms with E-state index in [-0.39, 0.29) is 0 Å². The Morgan fingerprint density at radius 1 is 1.39 bits per heavy atom. The second kappa shape index (κ2) is 6.69. The van der Waals surface area contributed by atoms with Crippen LogP contribution in [0.2, 0.25) is 0 Å². The van der Waals surface area contributed by atoms with Gasteiger partial charge < -0.3 is 10.2 Å². The van der Waals surface area contributed by atoms with E-state index in [0.29, 0.717) is 0 Å². The Morgan fingerprint density at radius 3 is 2.89 bits per heavy atom. The zero-order valence-electron chi connectivity index (χ0n) is 11.5. The van der Waals surface area contributed by atoms with Gasteiger partial charge in [-0.15, -0.1) is 0 Å². The number of nitrogens with zero attached hydrogens (tertiary/aromatic N) is 3. The summed E-state index contributed by atoms with van der Waals surface area (Å²) in [6.07, 6.45) is 9.00. The standard InChI is InChI=1S/C14H24N4/c1-3-7-15-8-13-9-16-10-14(17-13)18(2)11-12-5-4-6-12/h9-10,12,15H,3-8,11H2,1-2H3. The normalized spacial score (nSPS) is 15.4. The maximum absolute atomic E-state index is 4.66. The van der Waals surface area contributed by atoms with Gasteiger partial charge in [-0.25, -0.2) is 4.98 Å². The molecule has 2 rings (SSSR count). The number of rotatable bonds is 7. The molecule has 0 bridgehead atoms. The van der Waals surface area contributed by atoms with Crippen LogP contribution in [0.15, 0.2) is 12.4 Å². The van der Waals surface area contributed by atoms with Crippen molar-refractivity contribution in [2.24, 2.45) is 5.92 Å². The predicted molar refractivity (Wildman–Crippen MR) is 74.6 cm³/mol. The predicted octanol–water partition coefficient (Wildman–Crippen LogP) is 2.21. The minimum atomic E-state index is 0.811. The Labute approximate surface area is 110 Å². The van der Waals surface area contributed by atoms with E-state index in [1.54, 1.807) is 0 Å². The average Bonchev–Trinajstić information content (AvgIpc) is 2.34. The first-order valence-electron chi connectivity index (χ1n) is 7.02. The lowest BCUT2D eigenvalue weighted by molar-refractivity contribution is 0.321. The van der Waals surface area contributed by atoms with E-state index < -0.39 is 0 Å². The number of hydrogen-bond acceptors (Lipinski definition) is 4. The Kier molecular flexibility index (Phi) is 4.93. The first-order valence-corrected chi connectivity index (χ1v) is 7.02. The van der Waals surface area contributed by atoms with Gasteiger partial charge >= 0.3 is 0 Å². The SMILES string of the molecule is CCCNCc1cncc(N(C)CC2CCC2)n1. The molecule has 0 spiro atoms. The van der Waals surface area contributed by atoms with Crippen molar-refractivity contribution in [2.45, 2.75) is 39.2 Å². The summed E-state index contributed by atoms with van der Waals surface area (Å²) < 4.78 is 0. The van der Waals surface area contributed by atoms with Crippen molar-refractivity contribution >= 4 is 5.82 Å². The van der Waals surface area contributed by atoms with E-state index in [0.717, 1.165) is 43.5 Å². The lowest BCUT2D eigenvalue weighted by Crippen LogP contribution is -2.30. The molecule has 4 nitrogen and oxygen atoms in total. The second-order valence-corrected chi connectivity index (χ2v) is 5.22. The fraction of sp³-hybridized carbons (Fsp3) is 0.714. The summed E-state index contributed by atoms with van der Waals surface area (Å²) in [4.78, 5) is 11.2. The van der Waals surface area contributed by atoms with Crippen molar-refractivity contribution in [3.05, 3.63) is 18.1 Å². The zero-order chi connectivity index (χ0) is 12.8. The third-order valence-corrected chi connectivity index (χ3v) is 3.55. The highest BCUT2D eigenvalue weighted by Gasteiger charge is 2.19. The number of aromatic nitrogens is 2. The van der Waals surface area contributed by atoms with Gasteiger partial charge in [0.05, 0.1) is 11.9 Å². The summed E-state index contributed by atoms with van der Waals surface area (Å²) in [6.45, 7) is 5.12. The van der Waals surface area contributed by atoms with Crippen molar-refractivity contribution in [3.8, 4) is 0 Å². The molecule has 1 aliphatic rings. The van der Waals surface area contributed by atoms with Crippen LogP contribution >= 0.6 is 0 Å². The minimum absolute atomic E-state index is 0.811. The smallest absolute Gasteiger partial charge is 0.147 e. The fourth-order valence-corrected chi connectivity index (χ4v) is 2.21. The number of nitrogens with one attached hydrogen (secondary N) is 1. The van der Waals surface area contributed by atoms with Crippen LogP contribution in [0.5, 0.6) is 0 Å². The molecule has 4 heteroatoms. The molecule has 1 aromatic heterocycles. The van der Waals surface area contributed by atoms with Gasteiger partial charge in [-0.05, 0) is 31.7 Å². The summed E-state index contributed by atoms with van der Waals surface area (Å²) >= 11 is 0. The number of hydrogen-bond donors (Lipinski definition) is 1. The Hall–Kier alpha value is -1.16. The lowest BCUT2D eigenvalue weighted by Gasteiger charge is -2.30. The van der Waals surface area contributed by atoms with Gasteiger partial charge in [0.1, 0.15) is 5.82 Å². The molecule has 0 aliphatic heterocycles. The van der Waals surface area contributed by atoms with Crippen LogP contribution in [0.25, 0.3) is 0 Å². The Morgan fingerprint density at radius 2 is 2.22 bits per heavy atom. The average molecular weight is 248 g/mol. The maximum atomic E-state index is 4.66. The van der Waals surface area contributed by atoms with Crippen molar-refractivity contribution in [2.75, 3.05) is 25.0 Å². The molecule has 1 aromatic rings. The van der Waals surface area contributed by atoms with Crippen LogP contribution in [0.3, 0.4) is 0 Å². The Balaban J connectivity index is 1.88. The van der Waals surface area contributed by atoms with Crippen molar-refractivity contribution < 1.29 is 0 Å². The van der Waals surface area contributed by atoms with Crippen LogP contribution in [0.4, 0.5) is 5.82 Å². The second-order valence-electron chi connectivity index (χ2n) is 5.22. The molecule has 1 saturated carbocycles. The highest BCUT2D eigenvalue weighted by Crippen LogP contribution is 2.27. The molecule has 0 atom stereocenters.